The van der Waals surface area contributed by atoms with E-state index >= 15 is 0 Å². The molecule has 4 heteroatoms. The first-order valence-electron chi connectivity index (χ1n) is 7.77. The van der Waals surface area contributed by atoms with Crippen LogP contribution in [0.3, 0.4) is 0 Å². The van der Waals surface area contributed by atoms with Gasteiger partial charge in [0.15, 0.2) is 0 Å². The van der Waals surface area contributed by atoms with Crippen LogP contribution in [0, 0.1) is 0 Å². The molecule has 0 aromatic carbocycles. The topological polar surface area (TPSA) is 44.7 Å². The summed E-state index contributed by atoms with van der Waals surface area (Å²) in [6.07, 6.45) is 3.28. The van der Waals surface area contributed by atoms with Crippen molar-refractivity contribution >= 4 is 0 Å². The van der Waals surface area contributed by atoms with Crippen LogP contribution in [0.4, 0.5) is 0 Å². The van der Waals surface area contributed by atoms with Gasteiger partial charge in [-0.3, -0.25) is 4.90 Å². The van der Waals surface area contributed by atoms with Crippen molar-refractivity contribution in [3.63, 3.8) is 0 Å². The monoisotopic (exact) mass is 272 g/mol. The number of hydrogen-bond acceptors (Lipinski definition) is 4. The van der Waals surface area contributed by atoms with Crippen LogP contribution in [0.5, 0.6) is 0 Å². The van der Waals surface area contributed by atoms with Gasteiger partial charge in [-0.15, -0.1) is 0 Å². The van der Waals surface area contributed by atoms with Crippen molar-refractivity contribution in [1.82, 2.24) is 10.2 Å². The maximum Gasteiger partial charge on any atom is 0.0614 e. The zero-order valence-corrected chi connectivity index (χ0v) is 13.1. The SMILES string of the molecule is CCOCCN(CC)C1CCC(CO)(NC(C)C)C1. The molecule has 0 bridgehead atoms. The number of aliphatic hydroxyl groups is 1. The Morgan fingerprint density at radius 1 is 1.42 bits per heavy atom. The highest BCUT2D eigenvalue weighted by molar-refractivity contribution is 5.00. The molecule has 1 fully saturated rings. The molecule has 4 nitrogen and oxygen atoms in total. The van der Waals surface area contributed by atoms with Gasteiger partial charge in [0.1, 0.15) is 0 Å². The largest absolute Gasteiger partial charge is 0.394 e. The average Bonchev–Trinajstić information content (AvgIpc) is 2.78. The summed E-state index contributed by atoms with van der Waals surface area (Å²) in [5.74, 6) is 0. The molecule has 1 aliphatic rings. The zero-order valence-electron chi connectivity index (χ0n) is 13.1. The van der Waals surface area contributed by atoms with Crippen LogP contribution in [0.1, 0.15) is 47.0 Å². The van der Waals surface area contributed by atoms with Crippen LogP contribution >= 0.6 is 0 Å². The Morgan fingerprint density at radius 3 is 2.68 bits per heavy atom. The van der Waals surface area contributed by atoms with Gasteiger partial charge in [0.05, 0.1) is 13.2 Å². The molecule has 1 aliphatic carbocycles. The fourth-order valence-corrected chi connectivity index (χ4v) is 3.27. The Hall–Kier alpha value is -0.160. The van der Waals surface area contributed by atoms with E-state index in [1.807, 2.05) is 6.92 Å². The summed E-state index contributed by atoms with van der Waals surface area (Å²) >= 11 is 0. The summed E-state index contributed by atoms with van der Waals surface area (Å²) in [5.41, 5.74) is -0.0716. The van der Waals surface area contributed by atoms with Gasteiger partial charge in [-0.2, -0.15) is 0 Å². The zero-order chi connectivity index (χ0) is 14.3. The molecule has 2 atom stereocenters. The van der Waals surface area contributed by atoms with E-state index in [4.69, 9.17) is 4.74 Å². The van der Waals surface area contributed by atoms with Gasteiger partial charge < -0.3 is 15.2 Å². The van der Waals surface area contributed by atoms with E-state index in [0.717, 1.165) is 39.1 Å². The van der Waals surface area contributed by atoms with Gasteiger partial charge in [0, 0.05) is 30.8 Å². The van der Waals surface area contributed by atoms with Crippen molar-refractivity contribution in [2.75, 3.05) is 32.9 Å². The van der Waals surface area contributed by atoms with Crippen LogP contribution in [-0.2, 0) is 4.74 Å². The Kier molecular flexibility index (Phi) is 7.29. The molecule has 19 heavy (non-hydrogen) atoms. The Balaban J connectivity index is 2.51. The molecule has 0 aromatic rings. The fraction of sp³-hybridized carbons (Fsp3) is 1.00. The molecule has 2 unspecified atom stereocenters. The molecular formula is C15H32N2O2. The number of rotatable bonds is 9. The summed E-state index contributed by atoms with van der Waals surface area (Å²) in [7, 11) is 0. The highest BCUT2D eigenvalue weighted by Gasteiger charge is 2.40. The second-order valence-electron chi connectivity index (χ2n) is 5.96. The third-order valence-electron chi connectivity index (χ3n) is 4.13. The van der Waals surface area contributed by atoms with Crippen LogP contribution in [0.2, 0.25) is 0 Å². The van der Waals surface area contributed by atoms with E-state index in [2.05, 4.69) is 31.0 Å². The Labute approximate surface area is 118 Å². The van der Waals surface area contributed by atoms with Crippen molar-refractivity contribution in [3.8, 4) is 0 Å². The van der Waals surface area contributed by atoms with Crippen LogP contribution in [0.25, 0.3) is 0 Å². The predicted octanol–water partition coefficient (Wildman–Crippen LogP) is 1.63. The summed E-state index contributed by atoms with van der Waals surface area (Å²) in [5, 5.41) is 13.3. The lowest BCUT2D eigenvalue weighted by Crippen LogP contribution is -2.51. The molecular weight excluding hydrogens is 240 g/mol. The van der Waals surface area contributed by atoms with Gasteiger partial charge in [-0.25, -0.2) is 0 Å². The molecule has 0 aliphatic heterocycles. The number of ether oxygens (including phenoxy) is 1. The van der Waals surface area contributed by atoms with E-state index in [-0.39, 0.29) is 12.1 Å². The fourth-order valence-electron chi connectivity index (χ4n) is 3.27. The van der Waals surface area contributed by atoms with Crippen molar-refractivity contribution in [3.05, 3.63) is 0 Å². The minimum Gasteiger partial charge on any atom is -0.394 e. The Morgan fingerprint density at radius 2 is 2.16 bits per heavy atom. The number of likely N-dealkylation sites (N-methyl/N-ethyl adjacent to an activating group) is 1. The molecule has 2 N–H and O–H groups in total. The predicted molar refractivity (Wildman–Crippen MR) is 79.5 cm³/mol. The lowest BCUT2D eigenvalue weighted by molar-refractivity contribution is 0.0906. The number of nitrogens with zero attached hydrogens (tertiary/aromatic N) is 1. The maximum absolute atomic E-state index is 9.75. The first kappa shape index (κ1) is 16.9. The van der Waals surface area contributed by atoms with Gasteiger partial charge >= 0.3 is 0 Å². The maximum atomic E-state index is 9.75. The standard InChI is InChI=1S/C15H32N2O2/c1-5-17(9-10-19-6-2)14-7-8-15(11-14,12-18)16-13(3)4/h13-14,16,18H,5-12H2,1-4H3. The molecule has 0 saturated heterocycles. The van der Waals surface area contributed by atoms with Gasteiger partial charge in [-0.05, 0) is 32.7 Å². The second-order valence-corrected chi connectivity index (χ2v) is 5.96. The van der Waals surface area contributed by atoms with Crippen molar-refractivity contribution < 1.29 is 9.84 Å². The molecule has 0 radical (unpaired) electrons. The molecule has 114 valence electrons. The van der Waals surface area contributed by atoms with Gasteiger partial charge in [0.25, 0.3) is 0 Å². The molecule has 0 amide bonds. The molecule has 0 spiro atoms. The minimum atomic E-state index is -0.0716. The third-order valence-corrected chi connectivity index (χ3v) is 4.13. The van der Waals surface area contributed by atoms with Gasteiger partial charge in [-0.1, -0.05) is 20.8 Å². The van der Waals surface area contributed by atoms with E-state index in [1.165, 1.54) is 6.42 Å². The Bertz CT molecular complexity index is 248. The van der Waals surface area contributed by atoms with Crippen molar-refractivity contribution in [2.24, 2.45) is 0 Å². The highest BCUT2D eigenvalue weighted by atomic mass is 16.5. The first-order valence-corrected chi connectivity index (χ1v) is 7.77. The third kappa shape index (κ3) is 5.03. The van der Waals surface area contributed by atoms with E-state index in [1.54, 1.807) is 0 Å². The van der Waals surface area contributed by atoms with Gasteiger partial charge in [0.2, 0.25) is 0 Å². The number of nitrogens with one attached hydrogen (secondary N) is 1. The van der Waals surface area contributed by atoms with E-state index < -0.39 is 0 Å². The lowest BCUT2D eigenvalue weighted by Gasteiger charge is -2.33. The normalized spacial score (nSPS) is 27.6. The van der Waals surface area contributed by atoms with Crippen LogP contribution in [-0.4, -0.2) is 60.5 Å². The summed E-state index contributed by atoms with van der Waals surface area (Å²) in [4.78, 5) is 2.50. The summed E-state index contributed by atoms with van der Waals surface area (Å²) in [6, 6.07) is 0.994. The number of hydrogen-bond donors (Lipinski definition) is 2. The molecule has 1 rings (SSSR count). The smallest absolute Gasteiger partial charge is 0.0614 e. The van der Waals surface area contributed by atoms with E-state index in [0.29, 0.717) is 12.1 Å². The average molecular weight is 272 g/mol. The lowest BCUT2D eigenvalue weighted by atomic mass is 9.97. The molecule has 0 heterocycles. The van der Waals surface area contributed by atoms with Crippen LogP contribution in [0.15, 0.2) is 0 Å². The first-order chi connectivity index (χ1) is 9.06. The highest BCUT2D eigenvalue weighted by Crippen LogP contribution is 2.33. The number of aliphatic hydroxyl groups excluding tert-OH is 1. The summed E-state index contributed by atoms with van der Waals surface area (Å²) in [6.45, 7) is 12.4. The minimum absolute atomic E-state index is 0.0716. The van der Waals surface area contributed by atoms with Crippen molar-refractivity contribution in [1.29, 1.82) is 0 Å². The van der Waals surface area contributed by atoms with Crippen molar-refractivity contribution in [2.45, 2.75) is 64.6 Å². The quantitative estimate of drug-likeness (QED) is 0.626. The van der Waals surface area contributed by atoms with E-state index in [9.17, 15) is 5.11 Å². The molecule has 0 aromatic heterocycles. The summed E-state index contributed by atoms with van der Waals surface area (Å²) < 4.78 is 5.46. The second kappa shape index (κ2) is 8.20. The van der Waals surface area contributed by atoms with Crippen LogP contribution < -0.4 is 5.32 Å². The molecule has 1 saturated carbocycles.